The fourth-order valence-electron chi connectivity index (χ4n) is 1.84. The zero-order chi connectivity index (χ0) is 9.26. The van der Waals surface area contributed by atoms with Gasteiger partial charge in [0.15, 0.2) is 0 Å². The fraction of sp³-hybridized carbons (Fsp3) is 0.556. The number of likely N-dealkylation sites (N-methyl/N-ethyl adjacent to an activating group) is 1. The third kappa shape index (κ3) is 1.43. The number of hydrogen-bond acceptors (Lipinski definition) is 4. The fourth-order valence-corrected chi connectivity index (χ4v) is 1.84. The summed E-state index contributed by atoms with van der Waals surface area (Å²) in [6.45, 7) is 1.67. The van der Waals surface area contributed by atoms with Gasteiger partial charge in [0.05, 0.1) is 6.04 Å². The summed E-state index contributed by atoms with van der Waals surface area (Å²) in [5.74, 6) is 0. The first kappa shape index (κ1) is 8.59. The molecule has 1 aromatic heterocycles. The number of nitrogens with two attached hydrogens (primary N) is 1. The molecule has 2 heterocycles. The van der Waals surface area contributed by atoms with Crippen molar-refractivity contribution in [2.45, 2.75) is 12.5 Å². The normalized spacial score (nSPS) is 22.8. The van der Waals surface area contributed by atoms with Gasteiger partial charge in [0.25, 0.3) is 0 Å². The van der Waals surface area contributed by atoms with Crippen molar-refractivity contribution >= 4 is 0 Å². The molecule has 1 aromatic rings. The zero-order valence-corrected chi connectivity index (χ0v) is 7.77. The number of hydrogen-bond donors (Lipinski definition) is 1. The van der Waals surface area contributed by atoms with Gasteiger partial charge in [0.2, 0.25) is 0 Å². The maximum absolute atomic E-state index is 5.71. The lowest BCUT2D eigenvalue weighted by molar-refractivity contribution is 0.233. The lowest BCUT2D eigenvalue weighted by Crippen LogP contribution is -2.36. The van der Waals surface area contributed by atoms with Crippen molar-refractivity contribution in [1.82, 2.24) is 14.9 Å². The summed E-state index contributed by atoms with van der Waals surface area (Å²) in [5, 5.41) is 0. The highest BCUT2D eigenvalue weighted by atomic mass is 15.1. The molecule has 4 nitrogen and oxygen atoms in total. The van der Waals surface area contributed by atoms with E-state index in [0.717, 1.165) is 18.7 Å². The standard InChI is InChI=1S/C9H14N4/c1-13-3-2-8-7(9(13)4-10)5-11-6-12-8/h5-6,9H,2-4,10H2,1H3. The Morgan fingerprint density at radius 1 is 1.69 bits per heavy atom. The Bertz CT molecular complexity index is 299. The van der Waals surface area contributed by atoms with Crippen LogP contribution in [-0.2, 0) is 6.42 Å². The Hall–Kier alpha value is -1.00. The molecule has 0 radical (unpaired) electrons. The van der Waals surface area contributed by atoms with Crippen LogP contribution in [0.15, 0.2) is 12.5 Å². The van der Waals surface area contributed by atoms with Crippen LogP contribution in [0.2, 0.25) is 0 Å². The third-order valence-corrected chi connectivity index (χ3v) is 2.64. The second kappa shape index (κ2) is 3.40. The van der Waals surface area contributed by atoms with Gasteiger partial charge in [-0.3, -0.25) is 4.90 Å². The molecule has 0 bridgehead atoms. The summed E-state index contributed by atoms with van der Waals surface area (Å²) in [5.41, 5.74) is 8.06. The first-order chi connectivity index (χ1) is 6.33. The molecule has 1 aliphatic rings. The van der Waals surface area contributed by atoms with Crippen LogP contribution in [-0.4, -0.2) is 35.0 Å². The minimum atomic E-state index is 0.296. The average Bonchev–Trinajstić information content (AvgIpc) is 2.18. The summed E-state index contributed by atoms with van der Waals surface area (Å²) in [7, 11) is 2.09. The molecular weight excluding hydrogens is 164 g/mol. The van der Waals surface area contributed by atoms with E-state index < -0.39 is 0 Å². The minimum Gasteiger partial charge on any atom is -0.329 e. The molecule has 1 unspecified atom stereocenters. The van der Waals surface area contributed by atoms with Gasteiger partial charge in [0, 0.05) is 37.0 Å². The van der Waals surface area contributed by atoms with E-state index in [2.05, 4.69) is 21.9 Å². The second-order valence-corrected chi connectivity index (χ2v) is 3.41. The summed E-state index contributed by atoms with van der Waals surface area (Å²) < 4.78 is 0. The van der Waals surface area contributed by atoms with Crippen molar-refractivity contribution in [2.24, 2.45) is 5.73 Å². The van der Waals surface area contributed by atoms with Gasteiger partial charge in [-0.2, -0.15) is 0 Å². The Labute approximate surface area is 77.8 Å². The SMILES string of the molecule is CN1CCc2ncncc2C1CN. The van der Waals surface area contributed by atoms with Gasteiger partial charge in [-0.25, -0.2) is 9.97 Å². The van der Waals surface area contributed by atoms with Gasteiger partial charge in [-0.1, -0.05) is 0 Å². The molecule has 2 rings (SSSR count). The van der Waals surface area contributed by atoms with Crippen molar-refractivity contribution in [3.05, 3.63) is 23.8 Å². The van der Waals surface area contributed by atoms with Crippen LogP contribution in [0.3, 0.4) is 0 Å². The van der Waals surface area contributed by atoms with E-state index >= 15 is 0 Å². The number of fused-ring (bicyclic) bond motifs is 1. The van der Waals surface area contributed by atoms with Gasteiger partial charge in [-0.05, 0) is 7.05 Å². The van der Waals surface area contributed by atoms with E-state index in [9.17, 15) is 0 Å². The highest BCUT2D eigenvalue weighted by molar-refractivity contribution is 5.23. The quantitative estimate of drug-likeness (QED) is 0.656. The Morgan fingerprint density at radius 2 is 2.54 bits per heavy atom. The largest absolute Gasteiger partial charge is 0.329 e. The summed E-state index contributed by atoms with van der Waals surface area (Å²) in [4.78, 5) is 10.6. The number of aromatic nitrogens is 2. The van der Waals surface area contributed by atoms with Crippen LogP contribution in [0.1, 0.15) is 17.3 Å². The Balaban J connectivity index is 2.39. The Kier molecular flexibility index (Phi) is 2.24. The van der Waals surface area contributed by atoms with Gasteiger partial charge < -0.3 is 5.73 Å². The predicted octanol–water partition coefficient (Wildman–Crippen LogP) is -0.0357. The molecule has 2 N–H and O–H groups in total. The van der Waals surface area contributed by atoms with E-state index in [4.69, 9.17) is 5.73 Å². The van der Waals surface area contributed by atoms with E-state index in [1.807, 2.05) is 6.20 Å². The number of nitrogens with zero attached hydrogens (tertiary/aromatic N) is 3. The predicted molar refractivity (Wildman–Crippen MR) is 50.2 cm³/mol. The van der Waals surface area contributed by atoms with E-state index in [0.29, 0.717) is 12.6 Å². The molecule has 0 amide bonds. The molecule has 13 heavy (non-hydrogen) atoms. The lowest BCUT2D eigenvalue weighted by atomic mass is 9.99. The molecule has 4 heteroatoms. The first-order valence-corrected chi connectivity index (χ1v) is 4.52. The molecule has 1 aliphatic heterocycles. The van der Waals surface area contributed by atoms with Crippen LogP contribution in [0.4, 0.5) is 0 Å². The van der Waals surface area contributed by atoms with Crippen LogP contribution < -0.4 is 5.73 Å². The molecule has 70 valence electrons. The van der Waals surface area contributed by atoms with Crippen LogP contribution in [0, 0.1) is 0 Å². The van der Waals surface area contributed by atoms with E-state index in [1.165, 1.54) is 5.56 Å². The molecular formula is C9H14N4. The highest BCUT2D eigenvalue weighted by Gasteiger charge is 2.23. The van der Waals surface area contributed by atoms with Gasteiger partial charge in [0.1, 0.15) is 6.33 Å². The van der Waals surface area contributed by atoms with Crippen LogP contribution in [0.5, 0.6) is 0 Å². The smallest absolute Gasteiger partial charge is 0.115 e. The third-order valence-electron chi connectivity index (χ3n) is 2.64. The number of rotatable bonds is 1. The van der Waals surface area contributed by atoms with Crippen molar-refractivity contribution < 1.29 is 0 Å². The van der Waals surface area contributed by atoms with Gasteiger partial charge in [-0.15, -0.1) is 0 Å². The maximum atomic E-state index is 5.71. The monoisotopic (exact) mass is 178 g/mol. The summed E-state index contributed by atoms with van der Waals surface area (Å²) in [6, 6.07) is 0.296. The molecule has 0 aromatic carbocycles. The van der Waals surface area contributed by atoms with Crippen LogP contribution >= 0.6 is 0 Å². The summed E-state index contributed by atoms with van der Waals surface area (Å²) >= 11 is 0. The summed E-state index contributed by atoms with van der Waals surface area (Å²) in [6.07, 6.45) is 4.50. The molecule has 0 saturated carbocycles. The van der Waals surface area contributed by atoms with Gasteiger partial charge >= 0.3 is 0 Å². The highest BCUT2D eigenvalue weighted by Crippen LogP contribution is 2.24. The van der Waals surface area contributed by atoms with Crippen molar-refractivity contribution in [3.63, 3.8) is 0 Å². The molecule has 0 saturated heterocycles. The van der Waals surface area contributed by atoms with Crippen molar-refractivity contribution in [3.8, 4) is 0 Å². The lowest BCUT2D eigenvalue weighted by Gasteiger charge is -2.32. The van der Waals surface area contributed by atoms with E-state index in [1.54, 1.807) is 6.33 Å². The van der Waals surface area contributed by atoms with Crippen molar-refractivity contribution in [2.75, 3.05) is 20.1 Å². The maximum Gasteiger partial charge on any atom is 0.115 e. The second-order valence-electron chi connectivity index (χ2n) is 3.41. The first-order valence-electron chi connectivity index (χ1n) is 4.52. The van der Waals surface area contributed by atoms with E-state index in [-0.39, 0.29) is 0 Å². The zero-order valence-electron chi connectivity index (χ0n) is 7.77. The molecule has 1 atom stereocenters. The minimum absolute atomic E-state index is 0.296. The molecule has 0 spiro atoms. The topological polar surface area (TPSA) is 55.0 Å². The average molecular weight is 178 g/mol. The van der Waals surface area contributed by atoms with Crippen LogP contribution in [0.25, 0.3) is 0 Å². The Morgan fingerprint density at radius 3 is 3.31 bits per heavy atom. The molecule has 0 aliphatic carbocycles. The van der Waals surface area contributed by atoms with Crippen molar-refractivity contribution in [1.29, 1.82) is 0 Å². The molecule has 0 fully saturated rings.